The Balaban J connectivity index is 1.58. The van der Waals surface area contributed by atoms with Crippen molar-refractivity contribution in [3.8, 4) is 11.4 Å². The number of carbonyl (C=O) groups is 1. The number of tetrazole rings is 1. The smallest absolute Gasteiger partial charge is 0.243 e. The van der Waals surface area contributed by atoms with Crippen LogP contribution >= 0.6 is 0 Å². The van der Waals surface area contributed by atoms with E-state index in [-0.39, 0.29) is 18.5 Å². The normalized spacial score (nSPS) is 18.4. The zero-order valence-corrected chi connectivity index (χ0v) is 11.7. The molecule has 2 aromatic rings. The van der Waals surface area contributed by atoms with Gasteiger partial charge in [-0.05, 0) is 24.6 Å². The molecule has 1 aliphatic rings. The standard InChI is InChI=1S/C14H18N6O/c21-13(16-12-7-4-8-15-9-12)10-20-18-14(17-19-20)11-5-2-1-3-6-11/h1-3,5-6,12,15H,4,7-10H2,(H,16,21)/t12-/m0/s1. The van der Waals surface area contributed by atoms with Gasteiger partial charge in [-0.25, -0.2) is 0 Å². The molecular weight excluding hydrogens is 268 g/mol. The van der Waals surface area contributed by atoms with Crippen molar-refractivity contribution in [1.29, 1.82) is 0 Å². The molecule has 0 radical (unpaired) electrons. The van der Waals surface area contributed by atoms with Crippen LogP contribution in [-0.4, -0.2) is 45.2 Å². The van der Waals surface area contributed by atoms with Crippen LogP contribution in [0.3, 0.4) is 0 Å². The predicted octanol–water partition coefficient (Wildman–Crippen LogP) is 0.208. The van der Waals surface area contributed by atoms with E-state index in [0.29, 0.717) is 5.82 Å². The Kier molecular flexibility index (Phi) is 4.20. The van der Waals surface area contributed by atoms with Crippen LogP contribution in [0, 0.1) is 0 Å². The Morgan fingerprint density at radius 2 is 2.24 bits per heavy atom. The zero-order valence-electron chi connectivity index (χ0n) is 11.7. The maximum absolute atomic E-state index is 12.0. The minimum Gasteiger partial charge on any atom is -0.350 e. The summed E-state index contributed by atoms with van der Waals surface area (Å²) in [6, 6.07) is 9.78. The van der Waals surface area contributed by atoms with Gasteiger partial charge in [-0.2, -0.15) is 4.80 Å². The quantitative estimate of drug-likeness (QED) is 0.839. The van der Waals surface area contributed by atoms with Crippen LogP contribution in [0.2, 0.25) is 0 Å². The highest BCUT2D eigenvalue weighted by atomic mass is 16.2. The van der Waals surface area contributed by atoms with Gasteiger partial charge in [-0.15, -0.1) is 10.2 Å². The highest BCUT2D eigenvalue weighted by Gasteiger charge is 2.16. The first-order valence-electron chi connectivity index (χ1n) is 7.14. The molecule has 0 saturated carbocycles. The van der Waals surface area contributed by atoms with E-state index < -0.39 is 0 Å². The topological polar surface area (TPSA) is 84.7 Å². The third-order valence-electron chi connectivity index (χ3n) is 3.43. The van der Waals surface area contributed by atoms with Gasteiger partial charge in [0, 0.05) is 18.2 Å². The molecule has 2 N–H and O–H groups in total. The van der Waals surface area contributed by atoms with Gasteiger partial charge in [0.15, 0.2) is 0 Å². The first-order valence-corrected chi connectivity index (χ1v) is 7.14. The third kappa shape index (κ3) is 3.63. The molecule has 1 saturated heterocycles. The van der Waals surface area contributed by atoms with E-state index in [2.05, 4.69) is 26.0 Å². The molecule has 7 heteroatoms. The number of hydrogen-bond donors (Lipinski definition) is 2. The minimum absolute atomic E-state index is 0.0827. The van der Waals surface area contributed by atoms with Crippen LogP contribution in [0.15, 0.2) is 30.3 Å². The second kappa shape index (κ2) is 6.45. The van der Waals surface area contributed by atoms with E-state index in [1.807, 2.05) is 30.3 Å². The molecule has 1 atom stereocenters. The number of nitrogens with one attached hydrogen (secondary N) is 2. The van der Waals surface area contributed by atoms with Gasteiger partial charge in [-0.1, -0.05) is 30.3 Å². The summed E-state index contributed by atoms with van der Waals surface area (Å²) in [6.07, 6.45) is 2.10. The number of carbonyl (C=O) groups excluding carboxylic acids is 1. The minimum atomic E-state index is -0.0827. The second-order valence-electron chi connectivity index (χ2n) is 5.12. The summed E-state index contributed by atoms with van der Waals surface area (Å²) in [5.41, 5.74) is 0.889. The monoisotopic (exact) mass is 286 g/mol. The Hall–Kier alpha value is -2.28. The molecule has 2 heterocycles. The van der Waals surface area contributed by atoms with Crippen molar-refractivity contribution in [3.63, 3.8) is 0 Å². The lowest BCUT2D eigenvalue weighted by molar-refractivity contribution is -0.122. The van der Waals surface area contributed by atoms with Crippen molar-refractivity contribution >= 4 is 5.91 Å². The summed E-state index contributed by atoms with van der Waals surface area (Å²) in [7, 11) is 0. The molecule has 21 heavy (non-hydrogen) atoms. The summed E-state index contributed by atoms with van der Waals surface area (Å²) in [5.74, 6) is 0.448. The van der Waals surface area contributed by atoms with Crippen molar-refractivity contribution < 1.29 is 4.79 Å². The highest BCUT2D eigenvalue weighted by Crippen LogP contribution is 2.11. The Labute approximate surface area is 122 Å². The Morgan fingerprint density at radius 3 is 3.00 bits per heavy atom. The van der Waals surface area contributed by atoms with E-state index in [0.717, 1.165) is 31.5 Å². The average molecular weight is 286 g/mol. The molecule has 7 nitrogen and oxygen atoms in total. The molecule has 110 valence electrons. The van der Waals surface area contributed by atoms with Crippen LogP contribution in [0.5, 0.6) is 0 Å². The molecule has 0 unspecified atom stereocenters. The van der Waals surface area contributed by atoms with E-state index >= 15 is 0 Å². The van der Waals surface area contributed by atoms with Crippen LogP contribution < -0.4 is 10.6 Å². The molecule has 0 bridgehead atoms. The second-order valence-corrected chi connectivity index (χ2v) is 5.12. The van der Waals surface area contributed by atoms with E-state index in [9.17, 15) is 4.79 Å². The lowest BCUT2D eigenvalue weighted by atomic mass is 10.1. The van der Waals surface area contributed by atoms with Crippen LogP contribution in [0.25, 0.3) is 11.4 Å². The van der Waals surface area contributed by atoms with Gasteiger partial charge in [0.1, 0.15) is 6.54 Å². The van der Waals surface area contributed by atoms with Gasteiger partial charge in [0.05, 0.1) is 0 Å². The van der Waals surface area contributed by atoms with E-state index in [1.54, 1.807) is 0 Å². The lowest BCUT2D eigenvalue weighted by Crippen LogP contribution is -2.46. The number of nitrogens with zero attached hydrogens (tertiary/aromatic N) is 4. The van der Waals surface area contributed by atoms with Gasteiger partial charge in [0.25, 0.3) is 0 Å². The van der Waals surface area contributed by atoms with Crippen LogP contribution in [-0.2, 0) is 11.3 Å². The van der Waals surface area contributed by atoms with Gasteiger partial charge in [0.2, 0.25) is 11.7 Å². The molecule has 1 amide bonds. The number of hydrogen-bond acceptors (Lipinski definition) is 5. The Morgan fingerprint density at radius 1 is 1.38 bits per heavy atom. The van der Waals surface area contributed by atoms with Crippen LogP contribution in [0.4, 0.5) is 0 Å². The van der Waals surface area contributed by atoms with Crippen molar-refractivity contribution in [3.05, 3.63) is 30.3 Å². The SMILES string of the molecule is O=C(Cn1nnc(-c2ccccc2)n1)N[C@H]1CCCNC1. The first-order chi connectivity index (χ1) is 10.3. The number of piperidine rings is 1. The molecular formula is C14H18N6O. The number of amides is 1. The van der Waals surface area contributed by atoms with Crippen molar-refractivity contribution in [2.75, 3.05) is 13.1 Å². The Bertz CT molecular complexity index is 591. The fraction of sp³-hybridized carbons (Fsp3) is 0.429. The van der Waals surface area contributed by atoms with Crippen LogP contribution in [0.1, 0.15) is 12.8 Å². The summed E-state index contributed by atoms with van der Waals surface area (Å²) in [6.45, 7) is 1.94. The number of rotatable bonds is 4. The van der Waals surface area contributed by atoms with Crippen molar-refractivity contribution in [2.45, 2.75) is 25.4 Å². The fourth-order valence-electron chi connectivity index (χ4n) is 2.39. The molecule has 1 aromatic heterocycles. The third-order valence-corrected chi connectivity index (χ3v) is 3.43. The summed E-state index contributed by atoms with van der Waals surface area (Å²) in [4.78, 5) is 13.3. The number of aromatic nitrogens is 4. The van der Waals surface area contributed by atoms with Gasteiger partial charge in [-0.3, -0.25) is 4.79 Å². The van der Waals surface area contributed by atoms with E-state index in [1.165, 1.54) is 4.80 Å². The molecule has 1 aromatic carbocycles. The first kappa shape index (κ1) is 13.7. The molecule has 3 rings (SSSR count). The predicted molar refractivity (Wildman–Crippen MR) is 77.3 cm³/mol. The summed E-state index contributed by atoms with van der Waals surface area (Å²) < 4.78 is 0. The summed E-state index contributed by atoms with van der Waals surface area (Å²) >= 11 is 0. The molecule has 1 aliphatic heterocycles. The largest absolute Gasteiger partial charge is 0.350 e. The fourth-order valence-corrected chi connectivity index (χ4v) is 2.39. The van der Waals surface area contributed by atoms with Crippen molar-refractivity contribution in [2.24, 2.45) is 0 Å². The molecule has 0 aliphatic carbocycles. The number of benzene rings is 1. The summed E-state index contributed by atoms with van der Waals surface area (Å²) in [5, 5.41) is 18.4. The lowest BCUT2D eigenvalue weighted by Gasteiger charge is -2.23. The van der Waals surface area contributed by atoms with Crippen molar-refractivity contribution in [1.82, 2.24) is 30.8 Å². The maximum atomic E-state index is 12.0. The zero-order chi connectivity index (χ0) is 14.5. The molecule has 0 spiro atoms. The van der Waals surface area contributed by atoms with Gasteiger partial charge < -0.3 is 10.6 Å². The van der Waals surface area contributed by atoms with E-state index in [4.69, 9.17) is 0 Å². The highest BCUT2D eigenvalue weighted by molar-refractivity contribution is 5.75. The average Bonchev–Trinajstić information content (AvgIpc) is 2.97. The molecule has 1 fully saturated rings. The van der Waals surface area contributed by atoms with Gasteiger partial charge >= 0.3 is 0 Å². The maximum Gasteiger partial charge on any atom is 0.243 e.